The number of hydrogen-bond acceptors (Lipinski definition) is 6. The molecule has 2 aromatic rings. The molecule has 3 rings (SSSR count). The van der Waals surface area contributed by atoms with Gasteiger partial charge in [-0.2, -0.15) is 0 Å². The molecule has 1 saturated carbocycles. The number of nitrogens with two attached hydrogens (primary N) is 1. The Labute approximate surface area is 122 Å². The number of ether oxygens (including phenoxy) is 1. The van der Waals surface area contributed by atoms with Crippen LogP contribution in [0.4, 0.5) is 5.82 Å². The zero-order chi connectivity index (χ0) is 14.0. The van der Waals surface area contributed by atoms with Gasteiger partial charge in [-0.15, -0.1) is 11.3 Å². The summed E-state index contributed by atoms with van der Waals surface area (Å²) < 4.78 is 6.09. The van der Waals surface area contributed by atoms with E-state index >= 15 is 0 Å². The van der Waals surface area contributed by atoms with Crippen LogP contribution in [0, 0.1) is 0 Å². The Balaban J connectivity index is 2.10. The summed E-state index contributed by atoms with van der Waals surface area (Å²) in [7, 11) is 0. The highest BCUT2D eigenvalue weighted by Crippen LogP contribution is 2.40. The van der Waals surface area contributed by atoms with Gasteiger partial charge in [-0.25, -0.2) is 15.8 Å². The number of thiophene rings is 1. The van der Waals surface area contributed by atoms with Crippen LogP contribution in [0.2, 0.25) is 0 Å². The van der Waals surface area contributed by atoms with Crippen molar-refractivity contribution >= 4 is 27.4 Å². The van der Waals surface area contributed by atoms with Gasteiger partial charge >= 0.3 is 0 Å². The van der Waals surface area contributed by atoms with Crippen LogP contribution in [0.25, 0.3) is 10.2 Å². The van der Waals surface area contributed by atoms with E-state index in [1.54, 1.807) is 11.3 Å². The summed E-state index contributed by atoms with van der Waals surface area (Å²) in [6.45, 7) is 2.71. The molecular formula is C14H20N4OS. The molecule has 0 aliphatic heterocycles. The van der Waals surface area contributed by atoms with Crippen molar-refractivity contribution in [2.45, 2.75) is 44.6 Å². The molecule has 0 bridgehead atoms. The van der Waals surface area contributed by atoms with Gasteiger partial charge in [-0.05, 0) is 31.2 Å². The molecule has 0 amide bonds. The van der Waals surface area contributed by atoms with Crippen LogP contribution < -0.4 is 11.3 Å². The van der Waals surface area contributed by atoms with Crippen LogP contribution in [0.5, 0.6) is 0 Å². The van der Waals surface area contributed by atoms with Crippen molar-refractivity contribution in [1.29, 1.82) is 0 Å². The smallest absolute Gasteiger partial charge is 0.164 e. The van der Waals surface area contributed by atoms with E-state index in [4.69, 9.17) is 15.6 Å². The van der Waals surface area contributed by atoms with Gasteiger partial charge in [0.2, 0.25) is 0 Å². The maximum atomic E-state index is 6.09. The lowest BCUT2D eigenvalue weighted by Crippen LogP contribution is -2.34. The van der Waals surface area contributed by atoms with Crippen molar-refractivity contribution in [3.05, 3.63) is 17.3 Å². The second kappa shape index (κ2) is 5.63. The Morgan fingerprint density at radius 2 is 2.15 bits per heavy atom. The normalized spacial score (nSPS) is 18.3. The SMILES string of the molecule is CCOC1(c2nc(NN)c3ccsc3n2)CCCCC1. The fourth-order valence-corrected chi connectivity index (χ4v) is 3.76. The molecule has 0 unspecified atom stereocenters. The number of rotatable bonds is 4. The molecule has 0 saturated heterocycles. The van der Waals surface area contributed by atoms with Crippen LogP contribution in [0.3, 0.4) is 0 Å². The number of fused-ring (bicyclic) bond motifs is 1. The second-order valence-corrected chi connectivity index (χ2v) is 6.06. The number of nitrogens with one attached hydrogen (secondary N) is 1. The van der Waals surface area contributed by atoms with E-state index in [-0.39, 0.29) is 5.60 Å². The van der Waals surface area contributed by atoms with Crippen LogP contribution in [-0.2, 0) is 10.3 Å². The van der Waals surface area contributed by atoms with Crippen molar-refractivity contribution in [1.82, 2.24) is 9.97 Å². The summed E-state index contributed by atoms with van der Waals surface area (Å²) in [6, 6.07) is 1.99. The molecule has 0 radical (unpaired) electrons. The molecular weight excluding hydrogens is 272 g/mol. The van der Waals surface area contributed by atoms with Crippen molar-refractivity contribution in [3.63, 3.8) is 0 Å². The third-order valence-corrected chi connectivity index (χ3v) is 4.76. The van der Waals surface area contributed by atoms with E-state index in [0.717, 1.165) is 41.7 Å². The third kappa shape index (κ3) is 2.28. The van der Waals surface area contributed by atoms with Crippen LogP contribution in [0.15, 0.2) is 11.4 Å². The highest BCUT2D eigenvalue weighted by molar-refractivity contribution is 7.16. The quantitative estimate of drug-likeness (QED) is 0.669. The first kappa shape index (κ1) is 13.7. The van der Waals surface area contributed by atoms with Gasteiger partial charge in [0.15, 0.2) is 11.6 Å². The predicted octanol–water partition coefficient (Wildman–Crippen LogP) is 3.17. The molecule has 0 aromatic carbocycles. The highest BCUT2D eigenvalue weighted by atomic mass is 32.1. The Kier molecular flexibility index (Phi) is 3.87. The number of nitrogen functional groups attached to an aromatic ring is 1. The van der Waals surface area contributed by atoms with Crippen molar-refractivity contribution in [2.24, 2.45) is 5.84 Å². The average molecular weight is 292 g/mol. The van der Waals surface area contributed by atoms with Crippen LogP contribution >= 0.6 is 11.3 Å². The number of aromatic nitrogens is 2. The minimum Gasteiger partial charge on any atom is -0.367 e. The minimum atomic E-state index is -0.337. The van der Waals surface area contributed by atoms with Gasteiger partial charge in [-0.1, -0.05) is 19.3 Å². The lowest BCUT2D eigenvalue weighted by Gasteiger charge is -2.35. The van der Waals surface area contributed by atoms with Crippen molar-refractivity contribution < 1.29 is 4.74 Å². The molecule has 2 heterocycles. The Morgan fingerprint density at radius 1 is 1.35 bits per heavy atom. The second-order valence-electron chi connectivity index (χ2n) is 5.17. The average Bonchev–Trinajstić information content (AvgIpc) is 2.96. The lowest BCUT2D eigenvalue weighted by molar-refractivity contribution is -0.0763. The first-order chi connectivity index (χ1) is 9.79. The minimum absolute atomic E-state index is 0.337. The zero-order valence-electron chi connectivity index (χ0n) is 11.7. The summed E-state index contributed by atoms with van der Waals surface area (Å²) in [5.74, 6) is 7.08. The van der Waals surface area contributed by atoms with Gasteiger partial charge in [0.25, 0.3) is 0 Å². The summed E-state index contributed by atoms with van der Waals surface area (Å²) in [5, 5.41) is 2.99. The number of nitrogens with zero attached hydrogens (tertiary/aromatic N) is 2. The summed E-state index contributed by atoms with van der Waals surface area (Å²) in [4.78, 5) is 10.4. The number of hydrogen-bond donors (Lipinski definition) is 2. The monoisotopic (exact) mass is 292 g/mol. The maximum absolute atomic E-state index is 6.09. The maximum Gasteiger partial charge on any atom is 0.164 e. The number of hydrazine groups is 1. The van der Waals surface area contributed by atoms with Crippen LogP contribution in [-0.4, -0.2) is 16.6 Å². The summed E-state index contributed by atoms with van der Waals surface area (Å²) in [5.41, 5.74) is 2.36. The molecule has 5 nitrogen and oxygen atoms in total. The van der Waals surface area contributed by atoms with E-state index < -0.39 is 0 Å². The molecule has 2 aromatic heterocycles. The first-order valence-corrected chi connectivity index (χ1v) is 8.03. The topological polar surface area (TPSA) is 73.1 Å². The standard InChI is InChI=1S/C14H20N4OS/c1-2-19-14(7-4-3-5-8-14)13-16-11(18-15)10-6-9-20-12(10)17-13/h6,9H,2-5,7-8,15H2,1H3,(H,16,17,18). The van der Waals surface area contributed by atoms with E-state index in [0.29, 0.717) is 12.4 Å². The van der Waals surface area contributed by atoms with Crippen molar-refractivity contribution in [2.75, 3.05) is 12.0 Å². The summed E-state index contributed by atoms with van der Waals surface area (Å²) in [6.07, 6.45) is 5.57. The van der Waals surface area contributed by atoms with Gasteiger partial charge < -0.3 is 10.2 Å². The van der Waals surface area contributed by atoms with E-state index in [9.17, 15) is 0 Å². The largest absolute Gasteiger partial charge is 0.367 e. The molecule has 20 heavy (non-hydrogen) atoms. The van der Waals surface area contributed by atoms with Gasteiger partial charge in [0.05, 0.1) is 5.39 Å². The molecule has 6 heteroatoms. The van der Waals surface area contributed by atoms with E-state index in [1.807, 2.05) is 18.4 Å². The molecule has 3 N–H and O–H groups in total. The summed E-state index contributed by atoms with van der Waals surface area (Å²) >= 11 is 1.61. The van der Waals surface area contributed by atoms with Crippen molar-refractivity contribution in [3.8, 4) is 0 Å². The fraction of sp³-hybridized carbons (Fsp3) is 0.571. The molecule has 1 aliphatic rings. The van der Waals surface area contributed by atoms with E-state index in [1.165, 1.54) is 6.42 Å². The van der Waals surface area contributed by atoms with Gasteiger partial charge in [0.1, 0.15) is 10.4 Å². The van der Waals surface area contributed by atoms with Gasteiger partial charge in [0, 0.05) is 6.61 Å². The predicted molar refractivity (Wildman–Crippen MR) is 81.6 cm³/mol. The lowest BCUT2D eigenvalue weighted by atomic mass is 9.84. The Morgan fingerprint density at radius 3 is 2.85 bits per heavy atom. The third-order valence-electron chi connectivity index (χ3n) is 3.95. The van der Waals surface area contributed by atoms with Gasteiger partial charge in [-0.3, -0.25) is 0 Å². The molecule has 108 valence electrons. The van der Waals surface area contributed by atoms with Crippen LogP contribution in [0.1, 0.15) is 44.9 Å². The Bertz CT molecular complexity index is 586. The molecule has 0 atom stereocenters. The fourth-order valence-electron chi connectivity index (χ4n) is 3.00. The van der Waals surface area contributed by atoms with E-state index in [2.05, 4.69) is 10.4 Å². The molecule has 1 aliphatic carbocycles. The zero-order valence-corrected chi connectivity index (χ0v) is 12.5. The number of anilines is 1. The Hall–Kier alpha value is -1.24. The molecule has 1 fully saturated rings. The highest BCUT2D eigenvalue weighted by Gasteiger charge is 2.38. The molecule has 0 spiro atoms. The first-order valence-electron chi connectivity index (χ1n) is 7.15.